The second-order valence-electron chi connectivity index (χ2n) is 6.05. The van der Waals surface area contributed by atoms with Crippen LogP contribution in [0.3, 0.4) is 0 Å². The summed E-state index contributed by atoms with van der Waals surface area (Å²) >= 11 is 0. The molecule has 2 aromatic carbocycles. The van der Waals surface area contributed by atoms with Crippen molar-refractivity contribution in [3.63, 3.8) is 0 Å². The average molecular weight is 361 g/mol. The molecule has 2 aromatic heterocycles. The highest BCUT2D eigenvalue weighted by atomic mass is 16.5. The molecule has 27 heavy (non-hydrogen) atoms. The van der Waals surface area contributed by atoms with Gasteiger partial charge in [-0.1, -0.05) is 12.1 Å². The van der Waals surface area contributed by atoms with Gasteiger partial charge in [0, 0.05) is 34.6 Å². The molecule has 6 nitrogen and oxygen atoms in total. The number of methoxy groups -OCH3 is 2. The maximum absolute atomic E-state index is 9.98. The number of nitrogens with one attached hydrogen (secondary N) is 2. The van der Waals surface area contributed by atoms with E-state index < -0.39 is 0 Å². The quantitative estimate of drug-likeness (QED) is 0.480. The minimum Gasteiger partial charge on any atom is -0.504 e. The van der Waals surface area contributed by atoms with Gasteiger partial charge in [-0.05, 0) is 36.4 Å². The Morgan fingerprint density at radius 1 is 1.00 bits per heavy atom. The zero-order valence-corrected chi connectivity index (χ0v) is 15.0. The third kappa shape index (κ3) is 3.25. The highest BCUT2D eigenvalue weighted by Gasteiger charge is 2.10. The van der Waals surface area contributed by atoms with Gasteiger partial charge in [0.2, 0.25) is 0 Å². The number of anilines is 2. The van der Waals surface area contributed by atoms with E-state index in [1.54, 1.807) is 25.4 Å². The number of phenols is 1. The Labute approximate surface area is 156 Å². The Morgan fingerprint density at radius 3 is 2.67 bits per heavy atom. The molecule has 0 aliphatic rings. The number of nitrogens with zero attached hydrogens (tertiary/aromatic N) is 1. The molecule has 0 atom stereocenters. The summed E-state index contributed by atoms with van der Waals surface area (Å²) in [5, 5.41) is 14.2. The molecule has 0 bridgehead atoms. The lowest BCUT2D eigenvalue weighted by Crippen LogP contribution is -1.94. The Morgan fingerprint density at radius 2 is 1.89 bits per heavy atom. The van der Waals surface area contributed by atoms with Crippen LogP contribution in [0.4, 0.5) is 11.5 Å². The molecule has 0 aliphatic carbocycles. The standard InChI is InChI=1S/C21H19N3O3/c1-26-15-5-3-4-13(10-15)18-12-16-17(24-18)8-9-22-21(16)23-14-6-7-20(27-2)19(25)11-14/h3-12,24-25H,1-2H3,(H,22,23). The van der Waals surface area contributed by atoms with E-state index in [4.69, 9.17) is 9.47 Å². The first kappa shape index (κ1) is 16.8. The fourth-order valence-electron chi connectivity index (χ4n) is 3.00. The highest BCUT2D eigenvalue weighted by Crippen LogP contribution is 2.33. The van der Waals surface area contributed by atoms with Crippen molar-refractivity contribution in [2.45, 2.75) is 0 Å². The smallest absolute Gasteiger partial charge is 0.160 e. The number of pyridine rings is 1. The van der Waals surface area contributed by atoms with Crippen LogP contribution in [-0.2, 0) is 0 Å². The number of ether oxygens (including phenoxy) is 2. The molecular weight excluding hydrogens is 342 g/mol. The van der Waals surface area contributed by atoms with Crippen LogP contribution < -0.4 is 14.8 Å². The fourth-order valence-corrected chi connectivity index (χ4v) is 3.00. The predicted octanol–water partition coefficient (Wildman–Crippen LogP) is 4.70. The van der Waals surface area contributed by atoms with Crippen LogP contribution >= 0.6 is 0 Å². The number of aromatic nitrogens is 2. The van der Waals surface area contributed by atoms with Gasteiger partial charge in [-0.15, -0.1) is 0 Å². The molecule has 2 heterocycles. The van der Waals surface area contributed by atoms with Gasteiger partial charge in [-0.2, -0.15) is 0 Å². The van der Waals surface area contributed by atoms with Gasteiger partial charge in [0.25, 0.3) is 0 Å². The van der Waals surface area contributed by atoms with Gasteiger partial charge in [-0.3, -0.25) is 0 Å². The molecule has 3 N–H and O–H groups in total. The molecule has 0 unspecified atom stereocenters. The second-order valence-corrected chi connectivity index (χ2v) is 6.05. The summed E-state index contributed by atoms with van der Waals surface area (Å²) in [6.45, 7) is 0. The molecule has 0 spiro atoms. The molecule has 6 heteroatoms. The molecule has 136 valence electrons. The number of hydrogen-bond acceptors (Lipinski definition) is 5. The third-order valence-corrected chi connectivity index (χ3v) is 4.37. The summed E-state index contributed by atoms with van der Waals surface area (Å²) in [5.74, 6) is 1.99. The summed E-state index contributed by atoms with van der Waals surface area (Å²) in [5.41, 5.74) is 3.68. The highest BCUT2D eigenvalue weighted by molar-refractivity contribution is 5.95. The van der Waals surface area contributed by atoms with E-state index in [-0.39, 0.29) is 5.75 Å². The van der Waals surface area contributed by atoms with E-state index in [2.05, 4.69) is 15.3 Å². The molecule has 0 amide bonds. The molecule has 4 aromatic rings. The Balaban J connectivity index is 1.72. The number of aromatic amines is 1. The van der Waals surface area contributed by atoms with E-state index in [0.29, 0.717) is 11.6 Å². The van der Waals surface area contributed by atoms with Crippen molar-refractivity contribution in [3.05, 3.63) is 60.8 Å². The second kappa shape index (κ2) is 6.92. The van der Waals surface area contributed by atoms with E-state index >= 15 is 0 Å². The lowest BCUT2D eigenvalue weighted by molar-refractivity contribution is 0.373. The first-order valence-electron chi connectivity index (χ1n) is 8.44. The summed E-state index contributed by atoms with van der Waals surface area (Å²) in [7, 11) is 3.17. The van der Waals surface area contributed by atoms with Crippen molar-refractivity contribution in [3.8, 4) is 28.5 Å². The van der Waals surface area contributed by atoms with Gasteiger partial charge >= 0.3 is 0 Å². The van der Waals surface area contributed by atoms with Crippen molar-refractivity contribution in [1.29, 1.82) is 0 Å². The topological polar surface area (TPSA) is 79.4 Å². The van der Waals surface area contributed by atoms with E-state index in [9.17, 15) is 5.11 Å². The van der Waals surface area contributed by atoms with Crippen LogP contribution in [0.1, 0.15) is 0 Å². The maximum Gasteiger partial charge on any atom is 0.160 e. The number of hydrogen-bond donors (Lipinski definition) is 3. The van der Waals surface area contributed by atoms with Crippen LogP contribution in [0.15, 0.2) is 60.8 Å². The molecule has 0 aliphatic heterocycles. The van der Waals surface area contributed by atoms with Crippen LogP contribution in [0.5, 0.6) is 17.2 Å². The Bertz CT molecular complexity index is 1100. The summed E-state index contributed by atoms with van der Waals surface area (Å²) in [6, 6.07) is 17.0. The third-order valence-electron chi connectivity index (χ3n) is 4.37. The lowest BCUT2D eigenvalue weighted by atomic mass is 10.1. The van der Waals surface area contributed by atoms with Gasteiger partial charge < -0.3 is 24.9 Å². The molecule has 0 fully saturated rings. The zero-order chi connectivity index (χ0) is 18.8. The van der Waals surface area contributed by atoms with Gasteiger partial charge in [-0.25, -0.2) is 4.98 Å². The number of rotatable bonds is 5. The van der Waals surface area contributed by atoms with Crippen molar-refractivity contribution in [2.75, 3.05) is 19.5 Å². The summed E-state index contributed by atoms with van der Waals surface area (Å²) in [4.78, 5) is 7.86. The van der Waals surface area contributed by atoms with Crippen molar-refractivity contribution < 1.29 is 14.6 Å². The van der Waals surface area contributed by atoms with E-state index in [1.807, 2.05) is 42.5 Å². The minimum atomic E-state index is 0.0702. The Hall–Kier alpha value is -3.67. The van der Waals surface area contributed by atoms with E-state index in [0.717, 1.165) is 33.6 Å². The number of fused-ring (bicyclic) bond motifs is 1. The van der Waals surface area contributed by atoms with E-state index in [1.165, 1.54) is 7.11 Å². The van der Waals surface area contributed by atoms with Gasteiger partial charge in [0.1, 0.15) is 11.6 Å². The van der Waals surface area contributed by atoms with Gasteiger partial charge in [0.05, 0.1) is 19.7 Å². The monoisotopic (exact) mass is 361 g/mol. The zero-order valence-electron chi connectivity index (χ0n) is 15.0. The number of aromatic hydroxyl groups is 1. The maximum atomic E-state index is 9.98. The lowest BCUT2D eigenvalue weighted by Gasteiger charge is -2.09. The van der Waals surface area contributed by atoms with Crippen molar-refractivity contribution in [2.24, 2.45) is 0 Å². The first-order valence-corrected chi connectivity index (χ1v) is 8.44. The predicted molar refractivity (Wildman–Crippen MR) is 106 cm³/mol. The number of benzene rings is 2. The molecule has 4 rings (SSSR count). The van der Waals surface area contributed by atoms with Gasteiger partial charge in [0.15, 0.2) is 11.5 Å². The largest absolute Gasteiger partial charge is 0.504 e. The van der Waals surface area contributed by atoms with Crippen LogP contribution in [-0.4, -0.2) is 29.3 Å². The minimum absolute atomic E-state index is 0.0702. The van der Waals surface area contributed by atoms with Crippen LogP contribution in [0, 0.1) is 0 Å². The molecule has 0 radical (unpaired) electrons. The average Bonchev–Trinajstić information content (AvgIpc) is 3.14. The Kier molecular flexibility index (Phi) is 4.30. The molecule has 0 saturated heterocycles. The molecular formula is C21H19N3O3. The fraction of sp³-hybridized carbons (Fsp3) is 0.0952. The van der Waals surface area contributed by atoms with Crippen LogP contribution in [0.2, 0.25) is 0 Å². The normalized spacial score (nSPS) is 10.7. The molecule has 0 saturated carbocycles. The van der Waals surface area contributed by atoms with Crippen molar-refractivity contribution in [1.82, 2.24) is 9.97 Å². The number of H-pyrrole nitrogens is 1. The van der Waals surface area contributed by atoms with Crippen LogP contribution in [0.25, 0.3) is 22.2 Å². The number of phenolic OH excluding ortho intramolecular Hbond substituents is 1. The van der Waals surface area contributed by atoms with Crippen molar-refractivity contribution >= 4 is 22.4 Å². The SMILES string of the molecule is COc1cccc(-c2cc3c(Nc4ccc(OC)c(O)c4)nccc3[nH]2)c1. The summed E-state index contributed by atoms with van der Waals surface area (Å²) < 4.78 is 10.4. The first-order chi connectivity index (χ1) is 13.2. The summed E-state index contributed by atoms with van der Waals surface area (Å²) in [6.07, 6.45) is 1.74.